The summed E-state index contributed by atoms with van der Waals surface area (Å²) in [5.74, 6) is 21.3. The molecule has 10 aromatic rings. The number of morpholine rings is 2. The second kappa shape index (κ2) is 41.3. The van der Waals surface area contributed by atoms with Crippen LogP contribution in [0.15, 0.2) is 61.7 Å². The van der Waals surface area contributed by atoms with Crippen molar-refractivity contribution in [3.8, 4) is 47.9 Å². The highest BCUT2D eigenvalue weighted by molar-refractivity contribution is 6.29. The van der Waals surface area contributed by atoms with Gasteiger partial charge >= 0.3 is 0 Å². The van der Waals surface area contributed by atoms with Crippen LogP contribution in [-0.2, 0) is 18.9 Å². The van der Waals surface area contributed by atoms with Crippen LogP contribution in [0, 0.1) is 61.7 Å². The van der Waals surface area contributed by atoms with Gasteiger partial charge in [-0.15, -0.1) is 6.42 Å². The number of hydrogen-bond donors (Lipinski definition) is 8. The molecule has 8 aromatic heterocycles. The van der Waals surface area contributed by atoms with Crippen LogP contribution in [0.5, 0.6) is 0 Å². The molecule has 0 bridgehead atoms. The van der Waals surface area contributed by atoms with E-state index in [4.69, 9.17) is 68.5 Å². The van der Waals surface area contributed by atoms with Crippen molar-refractivity contribution >= 4 is 126 Å². The number of aromatic amines is 2. The molecule has 0 spiro atoms. The van der Waals surface area contributed by atoms with Crippen molar-refractivity contribution in [2.75, 3.05) is 108 Å². The van der Waals surface area contributed by atoms with Crippen LogP contribution in [0.4, 0.5) is 57.9 Å². The molecule has 0 radical (unpaired) electrons. The van der Waals surface area contributed by atoms with E-state index in [1.165, 1.54) is 140 Å². The first kappa shape index (κ1) is 81.3. The van der Waals surface area contributed by atoms with Crippen molar-refractivity contribution in [1.82, 2.24) is 78.9 Å². The number of imidazole rings is 4. The number of rotatable bonds is 16. The smallest absolute Gasteiger partial charge is 0.231 e. The number of halogens is 2. The predicted molar refractivity (Wildman–Crippen MR) is 457 cm³/mol. The molecule has 30 heteroatoms. The number of benzene rings is 2. The van der Waals surface area contributed by atoms with Gasteiger partial charge in [-0.25, -0.2) is 19.9 Å². The zero-order valence-electron chi connectivity index (χ0n) is 66.3. The number of nitrogens with one attached hydrogen (secondary N) is 8. The zero-order valence-corrected chi connectivity index (χ0v) is 67.8. The monoisotopic (exact) mass is 1600 g/mol. The van der Waals surface area contributed by atoms with E-state index in [2.05, 4.69) is 188 Å². The summed E-state index contributed by atoms with van der Waals surface area (Å²) in [6.45, 7) is 14.4. The van der Waals surface area contributed by atoms with Gasteiger partial charge in [0.1, 0.15) is 23.5 Å². The van der Waals surface area contributed by atoms with Crippen molar-refractivity contribution < 1.29 is 18.9 Å². The van der Waals surface area contributed by atoms with Gasteiger partial charge in [-0.3, -0.25) is 9.13 Å². The highest BCUT2D eigenvalue weighted by Crippen LogP contribution is 2.36. The van der Waals surface area contributed by atoms with E-state index in [1.54, 1.807) is 25.9 Å². The molecule has 18 rings (SSSR count). The Kier molecular flexibility index (Phi) is 29.2. The van der Waals surface area contributed by atoms with Crippen molar-refractivity contribution in [3.63, 3.8) is 0 Å². The molecule has 4 aliphatic heterocycles. The van der Waals surface area contributed by atoms with E-state index in [1.807, 2.05) is 10.9 Å². The minimum atomic E-state index is -0.0245. The Morgan fingerprint density at radius 2 is 0.826 bits per heavy atom. The van der Waals surface area contributed by atoms with Gasteiger partial charge in [0.05, 0.1) is 51.7 Å². The number of ether oxygens (including phenoxy) is 4. The lowest BCUT2D eigenvalue weighted by molar-refractivity contribution is -0.0299. The minimum absolute atomic E-state index is 0.00208. The van der Waals surface area contributed by atoms with Gasteiger partial charge in [0.2, 0.25) is 22.5 Å². The van der Waals surface area contributed by atoms with Crippen molar-refractivity contribution in [3.05, 3.63) is 83.4 Å². The summed E-state index contributed by atoms with van der Waals surface area (Å²) in [5, 5.41) is 21.7. The first-order valence-corrected chi connectivity index (χ1v) is 42.1. The average Bonchev–Trinajstić information content (AvgIpc) is 1.67. The Bertz CT molecular complexity index is 5070. The van der Waals surface area contributed by atoms with Crippen LogP contribution in [0.3, 0.4) is 0 Å². The normalized spacial score (nSPS) is 19.0. The second-order valence-electron chi connectivity index (χ2n) is 30.4. The van der Waals surface area contributed by atoms with E-state index in [0.29, 0.717) is 47.4 Å². The summed E-state index contributed by atoms with van der Waals surface area (Å²) < 4.78 is 27.0. The Morgan fingerprint density at radius 1 is 0.426 bits per heavy atom. The molecule has 0 amide bonds. The van der Waals surface area contributed by atoms with Gasteiger partial charge in [0, 0.05) is 86.3 Å². The number of H-pyrrole nitrogens is 2. The van der Waals surface area contributed by atoms with Gasteiger partial charge in [0.15, 0.2) is 56.9 Å². The molecule has 115 heavy (non-hydrogen) atoms. The fraction of sp³-hybridized carbons (Fsp3) is 0.529. The van der Waals surface area contributed by atoms with E-state index in [0.717, 1.165) is 183 Å². The Labute approximate surface area is 683 Å². The quantitative estimate of drug-likeness (QED) is 0.0329. The molecule has 8 N–H and O–H groups in total. The van der Waals surface area contributed by atoms with E-state index in [9.17, 15) is 0 Å². The largest absolute Gasteiger partial charge is 0.378 e. The molecule has 8 fully saturated rings. The van der Waals surface area contributed by atoms with Gasteiger partial charge in [0.25, 0.3) is 0 Å². The standard InChI is InChI=1S/C27H37N7O2.C22H29N7O.C16H22ClN5O.C11H14ClN5.C9H4/c1-19-17-21(33-12-15-35-16-13-33)10-11-22(19)30-27-31-25(29-20-7-3-2-4-8-20)24-26(32-27)34(18-28-24)23-9-5-6-14-36-23;1-15-13-17(29-9-11-30-12-10-29)7-8-18(15)26-22-27-20-19(23-14-24-20)21(28-22)25-16-5-3-2-4-6-16;17-16-20-14(19-11-6-2-1-3-7-11)13-15(21-16)22(10-18-13)12-8-4-5-9-23-12;12-11-16-9-8(13-6-14-9)10(17-11)15-7-4-2-1-3-5-7;1-3-5-7-9-8-6-4-2/h10-11,17-18,20,23H,2-9,12-16H2,1H3,(H2,29,30,31,32);7-8,13-14,16H,2-6,9-12H2,1H3,(H3,23,24,25,26,27,28);10-12H,1-9H2,(H,19,20,21);6-7H,1-5H2,(H2,13,14,15,16,17);1H,2H3. The number of aromatic nitrogens is 16. The lowest BCUT2D eigenvalue weighted by Crippen LogP contribution is -2.36. The van der Waals surface area contributed by atoms with Crippen molar-refractivity contribution in [2.45, 2.75) is 224 Å². The molecule has 2 unspecified atom stereocenters. The van der Waals surface area contributed by atoms with E-state index < -0.39 is 0 Å². The van der Waals surface area contributed by atoms with Crippen molar-refractivity contribution in [1.29, 1.82) is 0 Å². The number of fused-ring (bicyclic) bond motifs is 4. The van der Waals surface area contributed by atoms with Crippen LogP contribution in [-0.4, -0.2) is 169 Å². The highest BCUT2D eigenvalue weighted by Gasteiger charge is 2.28. The van der Waals surface area contributed by atoms with Crippen molar-refractivity contribution in [2.24, 2.45) is 0 Å². The summed E-state index contributed by atoms with van der Waals surface area (Å²) in [7, 11) is 0. The van der Waals surface area contributed by atoms with Gasteiger partial charge < -0.3 is 70.6 Å². The first-order chi connectivity index (χ1) is 56.6. The minimum Gasteiger partial charge on any atom is -0.378 e. The molecule has 12 heterocycles. The van der Waals surface area contributed by atoms with Gasteiger partial charge in [-0.1, -0.05) is 83.0 Å². The Hall–Kier alpha value is -10.3. The predicted octanol–water partition coefficient (Wildman–Crippen LogP) is 16.5. The zero-order chi connectivity index (χ0) is 78.9. The van der Waals surface area contributed by atoms with E-state index >= 15 is 0 Å². The fourth-order valence-corrected chi connectivity index (χ4v) is 16.4. The molecule has 4 saturated heterocycles. The lowest BCUT2D eigenvalue weighted by atomic mass is 9.95. The molecule has 2 aromatic carbocycles. The number of terminal acetylenes is 1. The van der Waals surface area contributed by atoms with Crippen LogP contribution < -0.4 is 41.7 Å². The second-order valence-corrected chi connectivity index (χ2v) is 31.0. The maximum absolute atomic E-state index is 6.17. The van der Waals surface area contributed by atoms with Gasteiger partial charge in [-0.05, 0) is 217 Å². The van der Waals surface area contributed by atoms with Crippen LogP contribution in [0.25, 0.3) is 44.7 Å². The lowest BCUT2D eigenvalue weighted by Gasteiger charge is -2.29. The van der Waals surface area contributed by atoms with Crippen LogP contribution in [0.1, 0.15) is 197 Å². The molecular weight excluding hydrogens is 1490 g/mol. The molecular formula is C85H106Cl2N24O4. The van der Waals surface area contributed by atoms with E-state index in [-0.39, 0.29) is 23.0 Å². The maximum atomic E-state index is 6.17. The number of nitrogens with zero attached hydrogens (tertiary/aromatic N) is 16. The topological polar surface area (TPSA) is 312 Å². The molecule has 28 nitrogen and oxygen atoms in total. The molecule has 604 valence electrons. The summed E-state index contributed by atoms with van der Waals surface area (Å²) >= 11 is 12.0. The maximum Gasteiger partial charge on any atom is 0.231 e. The average molecular weight is 1600 g/mol. The fourth-order valence-electron chi connectivity index (χ4n) is 16.1. The summed E-state index contributed by atoms with van der Waals surface area (Å²) in [6, 6.07) is 14.8. The molecule has 4 saturated carbocycles. The molecule has 4 aliphatic carbocycles. The summed E-state index contributed by atoms with van der Waals surface area (Å²) in [4.78, 5) is 65.0. The molecule has 2 atom stereocenters. The first-order valence-electron chi connectivity index (χ1n) is 41.4. The molecule has 8 aliphatic rings. The third kappa shape index (κ3) is 22.2. The number of aryl methyl sites for hydroxylation is 2. The number of hydrogen-bond acceptors (Lipinski definition) is 24. The summed E-state index contributed by atoms with van der Waals surface area (Å²) in [6.07, 6.45) is 43.2. The highest BCUT2D eigenvalue weighted by atomic mass is 35.5. The summed E-state index contributed by atoms with van der Waals surface area (Å²) in [5.41, 5.74) is 13.0. The van der Waals surface area contributed by atoms with Crippen LogP contribution in [0.2, 0.25) is 10.6 Å². The SMILES string of the molecule is C#CC#CC#CC#CC.Cc1cc(N2CCOCC2)ccc1Nc1nc(NC2CCCCC2)c2[nH]cnc2n1.Cc1cc(N2CCOCC2)ccc1Nc1nc(NC2CCCCC2)c2ncn(C3CCCCO3)c2n1.Clc1nc(NC2CCCCC2)c2[nH]cnc2n1.Clc1nc(NC2CCCCC2)c2ncn(C3CCCCO3)c2n1. The third-order valence-electron chi connectivity index (χ3n) is 22.2. The van der Waals surface area contributed by atoms with Crippen LogP contribution >= 0.6 is 23.2 Å². The Balaban J connectivity index is 0.000000126. The van der Waals surface area contributed by atoms with Gasteiger partial charge in [-0.2, -0.15) is 39.9 Å². The Morgan fingerprint density at radius 3 is 1.29 bits per heavy atom. The number of anilines is 10. The third-order valence-corrected chi connectivity index (χ3v) is 22.5.